The van der Waals surface area contributed by atoms with Crippen LogP contribution in [0, 0.1) is 5.95 Å². The van der Waals surface area contributed by atoms with Crippen molar-refractivity contribution in [2.24, 2.45) is 0 Å². The molecule has 1 heterocycles. The zero-order chi connectivity index (χ0) is 9.84. The predicted molar refractivity (Wildman–Crippen MR) is 40.9 cm³/mol. The Morgan fingerprint density at radius 3 is 2.85 bits per heavy atom. The van der Waals surface area contributed by atoms with E-state index >= 15 is 0 Å². The molecule has 0 spiro atoms. The summed E-state index contributed by atoms with van der Waals surface area (Å²) in [6.07, 6.45) is 0.428. The average molecular weight is 183 g/mol. The molecule has 68 valence electrons. The number of nitrogens with zero attached hydrogens (tertiary/aromatic N) is 1. The normalized spacial score (nSPS) is 9.38. The zero-order valence-electron chi connectivity index (χ0n) is 6.78. The Morgan fingerprint density at radius 2 is 2.31 bits per heavy atom. The molecule has 0 aromatic carbocycles. The van der Waals surface area contributed by atoms with Crippen LogP contribution in [0.4, 0.5) is 4.39 Å². The van der Waals surface area contributed by atoms with Crippen molar-refractivity contribution in [3.05, 3.63) is 29.3 Å². The van der Waals surface area contributed by atoms with Gasteiger partial charge in [-0.1, -0.05) is 0 Å². The highest BCUT2D eigenvalue weighted by Gasteiger charge is 2.09. The van der Waals surface area contributed by atoms with Crippen molar-refractivity contribution in [1.82, 2.24) is 4.98 Å². The molecule has 0 saturated carbocycles. The van der Waals surface area contributed by atoms with Gasteiger partial charge in [-0.2, -0.15) is 4.39 Å². The molecule has 1 aromatic rings. The van der Waals surface area contributed by atoms with E-state index in [1.165, 1.54) is 0 Å². The first kappa shape index (κ1) is 9.31. The second kappa shape index (κ2) is 3.75. The maximum atomic E-state index is 12.6. The molecule has 0 aliphatic rings. The Labute approximate surface area is 73.3 Å². The SMILES string of the molecule is COC(=O)c1cc(C=O)cc(F)n1. The van der Waals surface area contributed by atoms with Crippen LogP contribution in [0.3, 0.4) is 0 Å². The quantitative estimate of drug-likeness (QED) is 0.387. The summed E-state index contributed by atoms with van der Waals surface area (Å²) in [5, 5.41) is 0. The number of hydrogen-bond acceptors (Lipinski definition) is 4. The van der Waals surface area contributed by atoms with Crippen molar-refractivity contribution >= 4 is 12.3 Å². The number of hydrogen-bond donors (Lipinski definition) is 0. The monoisotopic (exact) mass is 183 g/mol. The van der Waals surface area contributed by atoms with Gasteiger partial charge in [0.25, 0.3) is 0 Å². The number of halogens is 1. The molecule has 0 atom stereocenters. The summed E-state index contributed by atoms with van der Waals surface area (Å²) < 4.78 is 16.9. The molecule has 0 radical (unpaired) electrons. The molecule has 1 rings (SSSR count). The van der Waals surface area contributed by atoms with Crippen LogP contribution >= 0.6 is 0 Å². The summed E-state index contributed by atoms with van der Waals surface area (Å²) in [5.74, 6) is -1.66. The van der Waals surface area contributed by atoms with Crippen molar-refractivity contribution in [1.29, 1.82) is 0 Å². The van der Waals surface area contributed by atoms with Gasteiger partial charge in [-0.05, 0) is 6.07 Å². The number of aldehydes is 1. The summed E-state index contributed by atoms with van der Waals surface area (Å²) >= 11 is 0. The minimum Gasteiger partial charge on any atom is -0.464 e. The van der Waals surface area contributed by atoms with Gasteiger partial charge in [-0.3, -0.25) is 4.79 Å². The maximum Gasteiger partial charge on any atom is 0.356 e. The Morgan fingerprint density at radius 1 is 1.62 bits per heavy atom. The number of aromatic nitrogens is 1. The van der Waals surface area contributed by atoms with Crippen LogP contribution in [0.25, 0.3) is 0 Å². The lowest BCUT2D eigenvalue weighted by atomic mass is 10.2. The van der Waals surface area contributed by atoms with Crippen LogP contribution in [0.15, 0.2) is 12.1 Å². The Balaban J connectivity index is 3.15. The molecule has 1 aromatic heterocycles. The van der Waals surface area contributed by atoms with Crippen LogP contribution in [0.5, 0.6) is 0 Å². The Kier molecular flexibility index (Phi) is 2.69. The highest BCUT2D eigenvalue weighted by atomic mass is 19.1. The zero-order valence-corrected chi connectivity index (χ0v) is 6.78. The number of ether oxygens (including phenoxy) is 1. The van der Waals surface area contributed by atoms with E-state index in [0.717, 1.165) is 19.2 Å². The highest BCUT2D eigenvalue weighted by molar-refractivity contribution is 5.89. The average Bonchev–Trinajstić information content (AvgIpc) is 2.15. The Bertz CT molecular complexity index is 351. The van der Waals surface area contributed by atoms with Crippen molar-refractivity contribution in [2.45, 2.75) is 0 Å². The molecule has 0 saturated heterocycles. The van der Waals surface area contributed by atoms with E-state index in [-0.39, 0.29) is 11.3 Å². The molecule has 0 amide bonds. The van der Waals surface area contributed by atoms with E-state index in [1.54, 1.807) is 0 Å². The number of methoxy groups -OCH3 is 1. The van der Waals surface area contributed by atoms with Crippen molar-refractivity contribution in [3.63, 3.8) is 0 Å². The molecular formula is C8H6FNO3. The minimum atomic E-state index is -0.884. The molecular weight excluding hydrogens is 177 g/mol. The molecule has 0 aliphatic carbocycles. The smallest absolute Gasteiger partial charge is 0.356 e. The Hall–Kier alpha value is -1.78. The third kappa shape index (κ3) is 2.08. The molecule has 0 unspecified atom stereocenters. The van der Waals surface area contributed by atoms with Gasteiger partial charge in [0.15, 0.2) is 5.69 Å². The third-order valence-corrected chi connectivity index (χ3v) is 1.35. The first-order chi connectivity index (χ1) is 6.17. The molecule has 13 heavy (non-hydrogen) atoms. The van der Waals surface area contributed by atoms with E-state index < -0.39 is 11.9 Å². The van der Waals surface area contributed by atoms with E-state index in [2.05, 4.69) is 9.72 Å². The first-order valence-corrected chi connectivity index (χ1v) is 3.38. The lowest BCUT2D eigenvalue weighted by Gasteiger charge is -1.98. The van der Waals surface area contributed by atoms with E-state index in [9.17, 15) is 14.0 Å². The largest absolute Gasteiger partial charge is 0.464 e. The van der Waals surface area contributed by atoms with Crippen LogP contribution < -0.4 is 0 Å². The number of esters is 1. The lowest BCUT2D eigenvalue weighted by Crippen LogP contribution is -2.06. The van der Waals surface area contributed by atoms with Gasteiger partial charge in [-0.15, -0.1) is 0 Å². The molecule has 0 aliphatic heterocycles. The van der Waals surface area contributed by atoms with Gasteiger partial charge in [-0.25, -0.2) is 9.78 Å². The fourth-order valence-corrected chi connectivity index (χ4v) is 0.794. The highest BCUT2D eigenvalue weighted by Crippen LogP contribution is 2.04. The van der Waals surface area contributed by atoms with Gasteiger partial charge < -0.3 is 4.74 Å². The molecule has 5 heteroatoms. The summed E-state index contributed by atoms with van der Waals surface area (Å²) in [4.78, 5) is 24.4. The molecule has 0 fully saturated rings. The summed E-state index contributed by atoms with van der Waals surface area (Å²) in [5.41, 5.74) is -0.169. The summed E-state index contributed by atoms with van der Waals surface area (Å²) in [6, 6.07) is 2.08. The van der Waals surface area contributed by atoms with Crippen molar-refractivity contribution < 1.29 is 18.7 Å². The van der Waals surface area contributed by atoms with Gasteiger partial charge in [0.05, 0.1) is 7.11 Å². The van der Waals surface area contributed by atoms with Gasteiger partial charge >= 0.3 is 5.97 Å². The van der Waals surface area contributed by atoms with Crippen molar-refractivity contribution in [3.8, 4) is 0 Å². The van der Waals surface area contributed by atoms with Gasteiger partial charge in [0, 0.05) is 11.6 Å². The van der Waals surface area contributed by atoms with Crippen LogP contribution in [-0.2, 0) is 4.74 Å². The topological polar surface area (TPSA) is 56.3 Å². The van der Waals surface area contributed by atoms with Crippen LogP contribution in [0.2, 0.25) is 0 Å². The predicted octanol–water partition coefficient (Wildman–Crippen LogP) is 0.820. The van der Waals surface area contributed by atoms with E-state index in [0.29, 0.717) is 6.29 Å². The van der Waals surface area contributed by atoms with Crippen LogP contribution in [0.1, 0.15) is 20.8 Å². The maximum absolute atomic E-state index is 12.6. The van der Waals surface area contributed by atoms with Gasteiger partial charge in [0.1, 0.15) is 6.29 Å². The third-order valence-electron chi connectivity index (χ3n) is 1.35. The second-order valence-electron chi connectivity index (χ2n) is 2.22. The molecule has 0 bridgehead atoms. The lowest BCUT2D eigenvalue weighted by molar-refractivity contribution is 0.0592. The van der Waals surface area contributed by atoms with Gasteiger partial charge in [0.2, 0.25) is 5.95 Å². The standard InChI is InChI=1S/C8H6FNO3/c1-13-8(12)6-2-5(4-11)3-7(9)10-6/h2-4H,1H3. The number of pyridine rings is 1. The van der Waals surface area contributed by atoms with Crippen molar-refractivity contribution in [2.75, 3.05) is 7.11 Å². The molecule has 0 N–H and O–H groups in total. The molecule has 4 nitrogen and oxygen atoms in total. The fraction of sp³-hybridized carbons (Fsp3) is 0.125. The summed E-state index contributed by atoms with van der Waals surface area (Å²) in [6.45, 7) is 0. The van der Waals surface area contributed by atoms with Crippen LogP contribution in [-0.4, -0.2) is 24.3 Å². The number of rotatable bonds is 2. The first-order valence-electron chi connectivity index (χ1n) is 3.38. The number of carbonyl (C=O) groups is 2. The fourth-order valence-electron chi connectivity index (χ4n) is 0.794. The number of carbonyl (C=O) groups excluding carboxylic acids is 2. The van der Waals surface area contributed by atoms with E-state index in [1.807, 2.05) is 0 Å². The minimum absolute atomic E-state index is 0.0490. The second-order valence-corrected chi connectivity index (χ2v) is 2.22. The van der Waals surface area contributed by atoms with E-state index in [4.69, 9.17) is 0 Å². The summed E-state index contributed by atoms with van der Waals surface area (Å²) in [7, 11) is 1.15.